The van der Waals surface area contributed by atoms with E-state index < -0.39 is 23.3 Å². The van der Waals surface area contributed by atoms with Gasteiger partial charge in [0.15, 0.2) is 5.54 Å². The molecule has 98 valence electrons. The first-order valence-corrected chi connectivity index (χ1v) is 4.97. The minimum atomic E-state index is -4.34. The van der Waals surface area contributed by atoms with Gasteiger partial charge in [0.2, 0.25) is 0 Å². The minimum Gasteiger partial charge on any atom is -0.468 e. The molecule has 0 amide bonds. The van der Waals surface area contributed by atoms with Crippen LogP contribution in [0.15, 0.2) is 11.6 Å². The van der Waals surface area contributed by atoms with E-state index in [-0.39, 0.29) is 19.8 Å². The number of nitrogens with one attached hydrogen (secondary N) is 1. The minimum absolute atomic E-state index is 0.0657. The quantitative estimate of drug-likeness (QED) is 0.600. The van der Waals surface area contributed by atoms with Gasteiger partial charge in [0.1, 0.15) is 0 Å². The van der Waals surface area contributed by atoms with Crippen LogP contribution in [0.25, 0.3) is 0 Å². The van der Waals surface area contributed by atoms with Crippen molar-refractivity contribution in [2.75, 3.05) is 26.9 Å². The summed E-state index contributed by atoms with van der Waals surface area (Å²) in [5, 5.41) is 2.71. The van der Waals surface area contributed by atoms with Crippen LogP contribution in [0.2, 0.25) is 0 Å². The van der Waals surface area contributed by atoms with Crippen LogP contribution in [0, 0.1) is 0 Å². The van der Waals surface area contributed by atoms with Crippen LogP contribution in [0.3, 0.4) is 0 Å². The van der Waals surface area contributed by atoms with Crippen molar-refractivity contribution in [2.24, 2.45) is 0 Å². The van der Waals surface area contributed by atoms with Gasteiger partial charge in [0, 0.05) is 12.1 Å². The zero-order valence-electron chi connectivity index (χ0n) is 9.56. The number of carbonyl (C=O) groups excluding carboxylic acids is 1. The van der Waals surface area contributed by atoms with Crippen LogP contribution in [0.5, 0.6) is 0 Å². The van der Waals surface area contributed by atoms with Gasteiger partial charge in [-0.05, 0) is 6.92 Å². The van der Waals surface area contributed by atoms with Gasteiger partial charge < -0.3 is 9.47 Å². The molecule has 0 saturated carbocycles. The number of hydrogen-bond acceptors (Lipinski definition) is 4. The number of hydrogen-bond donors (Lipinski definition) is 1. The van der Waals surface area contributed by atoms with E-state index >= 15 is 0 Å². The molecule has 0 aromatic rings. The van der Waals surface area contributed by atoms with Gasteiger partial charge in [-0.1, -0.05) is 6.08 Å². The van der Waals surface area contributed by atoms with Gasteiger partial charge >= 0.3 is 12.1 Å². The average molecular weight is 253 g/mol. The maximum Gasteiger partial charge on any atom is 0.412 e. The summed E-state index contributed by atoms with van der Waals surface area (Å²) in [6.45, 7) is 1.13. The van der Waals surface area contributed by atoms with Crippen molar-refractivity contribution >= 4 is 5.97 Å². The van der Waals surface area contributed by atoms with Crippen molar-refractivity contribution in [3.63, 3.8) is 0 Å². The molecule has 1 fully saturated rings. The smallest absolute Gasteiger partial charge is 0.412 e. The Hall–Kier alpha value is -1.08. The second-order valence-electron chi connectivity index (χ2n) is 3.83. The highest BCUT2D eigenvalue weighted by Gasteiger charge is 2.46. The molecule has 1 aliphatic heterocycles. The summed E-state index contributed by atoms with van der Waals surface area (Å²) in [7, 11) is 1.22. The molecule has 0 atom stereocenters. The highest BCUT2D eigenvalue weighted by atomic mass is 19.4. The first-order valence-electron chi connectivity index (χ1n) is 4.97. The Labute approximate surface area is 96.8 Å². The summed E-state index contributed by atoms with van der Waals surface area (Å²) in [5.41, 5.74) is -1.71. The van der Waals surface area contributed by atoms with Crippen molar-refractivity contribution in [2.45, 2.75) is 18.6 Å². The summed E-state index contributed by atoms with van der Waals surface area (Å²) in [6, 6.07) is 0. The normalized spacial score (nSPS) is 19.7. The van der Waals surface area contributed by atoms with E-state index in [9.17, 15) is 18.0 Å². The zero-order valence-corrected chi connectivity index (χ0v) is 9.56. The molecule has 0 radical (unpaired) electrons. The fraction of sp³-hybridized carbons (Fsp3) is 0.700. The lowest BCUT2D eigenvalue weighted by Crippen LogP contribution is -2.66. The molecule has 0 spiro atoms. The SMILES string of the molecule is COC(=O)C1(NCC=C(C)C(F)(F)F)COC1. The second-order valence-corrected chi connectivity index (χ2v) is 3.83. The number of ether oxygens (including phenoxy) is 2. The van der Waals surface area contributed by atoms with E-state index in [4.69, 9.17) is 4.74 Å². The van der Waals surface area contributed by atoms with Crippen LogP contribution in [0.1, 0.15) is 6.92 Å². The maximum absolute atomic E-state index is 12.2. The molecule has 0 aromatic heterocycles. The lowest BCUT2D eigenvalue weighted by atomic mass is 9.97. The zero-order chi connectivity index (χ0) is 13.1. The van der Waals surface area contributed by atoms with Crippen LogP contribution in [-0.2, 0) is 14.3 Å². The Kier molecular flexibility index (Phi) is 4.16. The molecule has 1 rings (SSSR count). The monoisotopic (exact) mass is 253 g/mol. The predicted molar refractivity (Wildman–Crippen MR) is 53.4 cm³/mol. The van der Waals surface area contributed by atoms with E-state index in [1.165, 1.54) is 7.11 Å². The molecule has 1 N–H and O–H groups in total. The van der Waals surface area contributed by atoms with Crippen molar-refractivity contribution in [1.29, 1.82) is 0 Å². The summed E-state index contributed by atoms with van der Waals surface area (Å²) in [5.74, 6) is -0.526. The lowest BCUT2D eigenvalue weighted by Gasteiger charge is -2.38. The van der Waals surface area contributed by atoms with Crippen molar-refractivity contribution in [3.8, 4) is 0 Å². The van der Waals surface area contributed by atoms with E-state index in [2.05, 4.69) is 10.1 Å². The Morgan fingerprint density at radius 1 is 1.53 bits per heavy atom. The molecule has 17 heavy (non-hydrogen) atoms. The van der Waals surface area contributed by atoms with Crippen molar-refractivity contribution in [3.05, 3.63) is 11.6 Å². The first kappa shape index (κ1) is 14.0. The fourth-order valence-electron chi connectivity index (χ4n) is 1.31. The molecular weight excluding hydrogens is 239 g/mol. The molecule has 0 unspecified atom stereocenters. The number of halogens is 3. The van der Waals surface area contributed by atoms with Gasteiger partial charge in [-0.2, -0.15) is 13.2 Å². The third-order valence-corrected chi connectivity index (χ3v) is 2.57. The van der Waals surface area contributed by atoms with Gasteiger partial charge in [0.25, 0.3) is 0 Å². The molecule has 4 nitrogen and oxygen atoms in total. The molecule has 0 bridgehead atoms. The van der Waals surface area contributed by atoms with Gasteiger partial charge in [-0.25, -0.2) is 4.79 Å². The second kappa shape index (κ2) is 5.05. The molecule has 1 heterocycles. The van der Waals surface area contributed by atoms with Crippen molar-refractivity contribution < 1.29 is 27.4 Å². The van der Waals surface area contributed by atoms with Crippen LogP contribution in [-0.4, -0.2) is 44.6 Å². The number of alkyl halides is 3. The number of methoxy groups -OCH3 is 1. The van der Waals surface area contributed by atoms with Crippen LogP contribution < -0.4 is 5.32 Å². The van der Waals surface area contributed by atoms with Crippen LogP contribution in [0.4, 0.5) is 13.2 Å². The number of allylic oxidation sites excluding steroid dienone is 1. The standard InChI is InChI=1S/C10H14F3NO3/c1-7(10(11,12)13)3-4-14-9(5-17-6-9)8(15)16-2/h3,14H,4-6H2,1-2H3. The summed E-state index contributed by atoms with van der Waals surface area (Å²) in [4.78, 5) is 11.4. The largest absolute Gasteiger partial charge is 0.468 e. The molecule has 0 aliphatic carbocycles. The molecule has 1 saturated heterocycles. The lowest BCUT2D eigenvalue weighted by molar-refractivity contribution is -0.169. The highest BCUT2D eigenvalue weighted by Crippen LogP contribution is 2.24. The number of esters is 1. The maximum atomic E-state index is 12.2. The first-order chi connectivity index (χ1) is 7.82. The van der Waals surface area contributed by atoms with E-state index in [1.807, 2.05) is 0 Å². The fourth-order valence-corrected chi connectivity index (χ4v) is 1.31. The average Bonchev–Trinajstić information content (AvgIpc) is 2.19. The molecule has 1 aliphatic rings. The van der Waals surface area contributed by atoms with Gasteiger partial charge in [0.05, 0.1) is 20.3 Å². The Bertz CT molecular complexity index is 321. The predicted octanol–water partition coefficient (Wildman–Crippen LogP) is 1.03. The molecule has 0 aromatic carbocycles. The van der Waals surface area contributed by atoms with Gasteiger partial charge in [-0.15, -0.1) is 0 Å². The van der Waals surface area contributed by atoms with E-state index in [1.54, 1.807) is 0 Å². The number of rotatable bonds is 4. The van der Waals surface area contributed by atoms with Gasteiger partial charge in [-0.3, -0.25) is 5.32 Å². The van der Waals surface area contributed by atoms with Crippen molar-refractivity contribution in [1.82, 2.24) is 5.32 Å². The Balaban J connectivity index is 2.53. The highest BCUT2D eigenvalue weighted by molar-refractivity contribution is 5.82. The summed E-state index contributed by atoms with van der Waals surface area (Å²) in [6.07, 6.45) is -3.35. The molecular formula is C10H14F3NO3. The Morgan fingerprint density at radius 3 is 2.47 bits per heavy atom. The number of carbonyl (C=O) groups is 1. The Morgan fingerprint density at radius 2 is 2.12 bits per heavy atom. The van der Waals surface area contributed by atoms with Crippen LogP contribution >= 0.6 is 0 Å². The summed E-state index contributed by atoms with van der Waals surface area (Å²) < 4.78 is 46.0. The topological polar surface area (TPSA) is 47.6 Å². The van der Waals surface area contributed by atoms with E-state index in [0.29, 0.717) is 0 Å². The third kappa shape index (κ3) is 3.19. The summed E-state index contributed by atoms with van der Waals surface area (Å²) >= 11 is 0. The third-order valence-electron chi connectivity index (χ3n) is 2.57. The van der Waals surface area contributed by atoms with E-state index in [0.717, 1.165) is 13.0 Å². The molecule has 7 heteroatoms.